The lowest BCUT2D eigenvalue weighted by molar-refractivity contribution is -0.137. The molecule has 1 rings (SSSR count). The Kier molecular flexibility index (Phi) is 13.2. The number of carbonyl (C=O) groups excluding carboxylic acids is 1. The van der Waals surface area contributed by atoms with Crippen molar-refractivity contribution in [1.29, 1.82) is 0 Å². The third-order valence-corrected chi connectivity index (χ3v) is 5.44. The lowest BCUT2D eigenvalue weighted by Gasteiger charge is -2.22. The third-order valence-electron chi connectivity index (χ3n) is 5.44. The van der Waals surface area contributed by atoms with Crippen LogP contribution in [0.3, 0.4) is 0 Å². The first kappa shape index (κ1) is 22.9. The lowest BCUT2D eigenvalue weighted by atomic mass is 10.0. The van der Waals surface area contributed by atoms with Gasteiger partial charge in [-0.1, -0.05) is 64.2 Å². The van der Waals surface area contributed by atoms with Crippen LogP contribution in [0.15, 0.2) is 0 Å². The molecule has 0 aliphatic carbocycles. The summed E-state index contributed by atoms with van der Waals surface area (Å²) in [4.78, 5) is 24.4. The van der Waals surface area contributed by atoms with Crippen LogP contribution in [-0.4, -0.2) is 46.2 Å². The molecule has 5 heteroatoms. The molecule has 1 heterocycles. The Labute approximate surface area is 159 Å². The van der Waals surface area contributed by atoms with Crippen LogP contribution in [-0.2, 0) is 9.59 Å². The van der Waals surface area contributed by atoms with Gasteiger partial charge in [-0.25, -0.2) is 0 Å². The van der Waals surface area contributed by atoms with Crippen molar-refractivity contribution in [2.45, 2.75) is 109 Å². The highest BCUT2D eigenvalue weighted by Gasteiger charge is 2.27. The van der Waals surface area contributed by atoms with E-state index in [-0.39, 0.29) is 18.6 Å². The van der Waals surface area contributed by atoms with Crippen LogP contribution in [0.5, 0.6) is 0 Å². The molecule has 0 saturated carbocycles. The molecule has 0 aromatic rings. The molecule has 1 amide bonds. The van der Waals surface area contributed by atoms with Gasteiger partial charge in [-0.05, 0) is 25.7 Å². The van der Waals surface area contributed by atoms with Crippen molar-refractivity contribution in [2.24, 2.45) is 0 Å². The van der Waals surface area contributed by atoms with Crippen LogP contribution in [0.25, 0.3) is 0 Å². The number of nitrogens with zero attached hydrogens (tertiary/aromatic N) is 1. The minimum absolute atomic E-state index is 0.0691. The molecule has 1 aliphatic rings. The molecule has 0 aromatic heterocycles. The highest BCUT2D eigenvalue weighted by atomic mass is 16.4. The van der Waals surface area contributed by atoms with Crippen molar-refractivity contribution >= 4 is 11.9 Å². The van der Waals surface area contributed by atoms with E-state index in [1.165, 1.54) is 44.9 Å². The molecule has 0 bridgehead atoms. The highest BCUT2D eigenvalue weighted by molar-refractivity contribution is 5.76. The topological polar surface area (TPSA) is 77.8 Å². The SMILES string of the molecule is O=C(O)CCCCCCCCCCCCCCC(=O)N1CCCC1CO. The zero-order valence-corrected chi connectivity index (χ0v) is 16.5. The van der Waals surface area contributed by atoms with Gasteiger partial charge in [0, 0.05) is 19.4 Å². The Morgan fingerprint density at radius 1 is 0.769 bits per heavy atom. The number of rotatable bonds is 16. The molecule has 0 aromatic carbocycles. The normalized spacial score (nSPS) is 17.0. The molecule has 5 nitrogen and oxygen atoms in total. The van der Waals surface area contributed by atoms with Crippen LogP contribution in [0.2, 0.25) is 0 Å². The van der Waals surface area contributed by atoms with Gasteiger partial charge in [-0.15, -0.1) is 0 Å². The van der Waals surface area contributed by atoms with Crippen molar-refractivity contribution in [3.05, 3.63) is 0 Å². The second-order valence-electron chi connectivity index (χ2n) is 7.70. The van der Waals surface area contributed by atoms with Crippen LogP contribution in [0, 0.1) is 0 Å². The second-order valence-corrected chi connectivity index (χ2v) is 7.70. The Morgan fingerprint density at radius 2 is 1.23 bits per heavy atom. The Bertz CT molecular complexity index is 386. The summed E-state index contributed by atoms with van der Waals surface area (Å²) in [5.41, 5.74) is 0. The van der Waals surface area contributed by atoms with E-state index in [4.69, 9.17) is 5.11 Å². The molecular weight excluding hydrogens is 330 g/mol. The molecule has 152 valence electrons. The van der Waals surface area contributed by atoms with Gasteiger partial charge in [0.2, 0.25) is 5.91 Å². The van der Waals surface area contributed by atoms with Gasteiger partial charge in [0.1, 0.15) is 0 Å². The van der Waals surface area contributed by atoms with Crippen molar-refractivity contribution in [2.75, 3.05) is 13.2 Å². The molecule has 26 heavy (non-hydrogen) atoms. The van der Waals surface area contributed by atoms with Crippen molar-refractivity contribution in [3.8, 4) is 0 Å². The molecule has 1 atom stereocenters. The van der Waals surface area contributed by atoms with E-state index >= 15 is 0 Å². The van der Waals surface area contributed by atoms with E-state index in [1.54, 1.807) is 0 Å². The minimum Gasteiger partial charge on any atom is -0.481 e. The monoisotopic (exact) mass is 369 g/mol. The quantitative estimate of drug-likeness (QED) is 0.392. The van der Waals surface area contributed by atoms with Gasteiger partial charge in [0.25, 0.3) is 0 Å². The Balaban J connectivity index is 1.81. The summed E-state index contributed by atoms with van der Waals surface area (Å²) in [6.07, 6.45) is 16.9. The number of carboxylic acid groups (broad SMARTS) is 1. The minimum atomic E-state index is -0.681. The fourth-order valence-corrected chi connectivity index (χ4v) is 3.82. The lowest BCUT2D eigenvalue weighted by Crippen LogP contribution is -2.37. The first-order valence-corrected chi connectivity index (χ1v) is 10.8. The smallest absolute Gasteiger partial charge is 0.303 e. The predicted octanol–water partition coefficient (Wildman–Crippen LogP) is 4.52. The summed E-state index contributed by atoms with van der Waals surface area (Å²) in [7, 11) is 0. The maximum absolute atomic E-state index is 12.1. The van der Waals surface area contributed by atoms with E-state index in [2.05, 4.69) is 0 Å². The van der Waals surface area contributed by atoms with Gasteiger partial charge < -0.3 is 15.1 Å². The number of likely N-dealkylation sites (tertiary alicyclic amines) is 1. The molecule has 0 radical (unpaired) electrons. The predicted molar refractivity (Wildman–Crippen MR) is 104 cm³/mol. The fourth-order valence-electron chi connectivity index (χ4n) is 3.82. The maximum atomic E-state index is 12.1. The number of aliphatic hydroxyl groups is 1. The standard InChI is InChI=1S/C21H39NO4/c23-18-19-14-13-17-22(19)20(24)15-11-9-7-5-3-1-2-4-6-8-10-12-16-21(25)26/h19,23H,1-18H2,(H,25,26). The Hall–Kier alpha value is -1.10. The van der Waals surface area contributed by atoms with Gasteiger partial charge >= 0.3 is 5.97 Å². The summed E-state index contributed by atoms with van der Waals surface area (Å²) < 4.78 is 0. The molecule has 1 unspecified atom stereocenters. The fraction of sp³-hybridized carbons (Fsp3) is 0.905. The Morgan fingerprint density at radius 3 is 1.69 bits per heavy atom. The molecule has 2 N–H and O–H groups in total. The summed E-state index contributed by atoms with van der Waals surface area (Å²) in [5, 5.41) is 17.8. The number of carbonyl (C=O) groups is 2. The average molecular weight is 370 g/mol. The van der Waals surface area contributed by atoms with Gasteiger partial charge in [0.05, 0.1) is 12.6 Å². The van der Waals surface area contributed by atoms with E-state index in [1.807, 2.05) is 4.90 Å². The molecule has 1 aliphatic heterocycles. The van der Waals surface area contributed by atoms with E-state index < -0.39 is 5.97 Å². The van der Waals surface area contributed by atoms with Crippen LogP contribution < -0.4 is 0 Å². The zero-order chi connectivity index (χ0) is 19.0. The third kappa shape index (κ3) is 10.8. The van der Waals surface area contributed by atoms with Crippen LogP contribution in [0.1, 0.15) is 103 Å². The van der Waals surface area contributed by atoms with Crippen molar-refractivity contribution < 1.29 is 19.8 Å². The molecule has 1 fully saturated rings. The van der Waals surface area contributed by atoms with Gasteiger partial charge in [-0.2, -0.15) is 0 Å². The number of aliphatic hydroxyl groups excluding tert-OH is 1. The van der Waals surface area contributed by atoms with Crippen LogP contribution >= 0.6 is 0 Å². The number of hydrogen-bond acceptors (Lipinski definition) is 3. The summed E-state index contributed by atoms with van der Waals surface area (Å²) in [5.74, 6) is -0.454. The van der Waals surface area contributed by atoms with Crippen LogP contribution in [0.4, 0.5) is 0 Å². The first-order valence-electron chi connectivity index (χ1n) is 10.8. The number of amides is 1. The number of aliphatic carboxylic acids is 1. The van der Waals surface area contributed by atoms with Gasteiger partial charge in [-0.3, -0.25) is 9.59 Å². The average Bonchev–Trinajstić information content (AvgIpc) is 3.10. The first-order chi connectivity index (χ1) is 12.6. The number of unbranched alkanes of at least 4 members (excludes halogenated alkanes) is 11. The summed E-state index contributed by atoms with van der Waals surface area (Å²) in [6, 6.07) is 0.0691. The summed E-state index contributed by atoms with van der Waals surface area (Å²) >= 11 is 0. The molecule has 1 saturated heterocycles. The molecular formula is C21H39NO4. The van der Waals surface area contributed by atoms with E-state index in [9.17, 15) is 14.7 Å². The van der Waals surface area contributed by atoms with E-state index in [0.717, 1.165) is 51.5 Å². The number of hydrogen-bond donors (Lipinski definition) is 2. The van der Waals surface area contributed by atoms with E-state index in [0.29, 0.717) is 12.8 Å². The van der Waals surface area contributed by atoms with Crippen molar-refractivity contribution in [3.63, 3.8) is 0 Å². The second kappa shape index (κ2) is 15.0. The highest BCUT2D eigenvalue weighted by Crippen LogP contribution is 2.19. The number of carboxylic acids is 1. The van der Waals surface area contributed by atoms with Gasteiger partial charge in [0.15, 0.2) is 0 Å². The zero-order valence-electron chi connectivity index (χ0n) is 16.5. The maximum Gasteiger partial charge on any atom is 0.303 e. The molecule has 0 spiro atoms. The largest absolute Gasteiger partial charge is 0.481 e. The summed E-state index contributed by atoms with van der Waals surface area (Å²) in [6.45, 7) is 0.928. The van der Waals surface area contributed by atoms with Crippen molar-refractivity contribution in [1.82, 2.24) is 4.90 Å².